The molecule has 12 heteroatoms. The number of aliphatic hydroxyl groups is 1. The quantitative estimate of drug-likeness (QED) is 0.102. The van der Waals surface area contributed by atoms with Crippen LogP contribution in [-0.2, 0) is 52.2 Å². The van der Waals surface area contributed by atoms with Gasteiger partial charge in [-0.05, 0) is 0 Å². The lowest BCUT2D eigenvalue weighted by atomic mass is 10.2. The van der Waals surface area contributed by atoms with E-state index in [4.69, 9.17) is 52.5 Å². The highest BCUT2D eigenvalue weighted by Gasteiger charge is 2.07. The molecular formula is C24H48O12. The first-order valence-corrected chi connectivity index (χ1v) is 12.7. The van der Waals surface area contributed by atoms with E-state index in [1.54, 1.807) is 13.8 Å². The molecular weight excluding hydrogens is 480 g/mol. The molecule has 0 aliphatic rings. The second-order valence-corrected chi connectivity index (χ2v) is 7.56. The molecule has 0 aromatic carbocycles. The maximum absolute atomic E-state index is 11.2. The van der Waals surface area contributed by atoms with E-state index in [-0.39, 0.29) is 25.1 Å². The molecule has 0 aromatic rings. The number of carbonyl (C=O) groups excluding carboxylic acids is 1. The van der Waals surface area contributed by atoms with Crippen molar-refractivity contribution in [1.82, 2.24) is 0 Å². The summed E-state index contributed by atoms with van der Waals surface area (Å²) in [6.07, 6.45) is 0. The number of hydrogen-bond donors (Lipinski definition) is 1. The fraction of sp³-hybridized carbons (Fsp3) is 0.958. The van der Waals surface area contributed by atoms with Crippen molar-refractivity contribution in [1.29, 1.82) is 0 Å². The van der Waals surface area contributed by atoms with E-state index in [0.717, 1.165) is 0 Å². The molecule has 0 heterocycles. The van der Waals surface area contributed by atoms with E-state index in [2.05, 4.69) is 0 Å². The molecule has 0 aliphatic carbocycles. The number of hydrogen-bond acceptors (Lipinski definition) is 12. The van der Waals surface area contributed by atoms with Gasteiger partial charge < -0.3 is 52.5 Å². The van der Waals surface area contributed by atoms with Crippen molar-refractivity contribution in [3.05, 3.63) is 0 Å². The van der Waals surface area contributed by atoms with Gasteiger partial charge in [-0.1, -0.05) is 13.8 Å². The Labute approximate surface area is 215 Å². The van der Waals surface area contributed by atoms with E-state index >= 15 is 0 Å². The number of esters is 1. The molecule has 0 saturated heterocycles. The predicted octanol–water partition coefficient (Wildman–Crippen LogP) is 0.327. The van der Waals surface area contributed by atoms with Gasteiger partial charge in [0.2, 0.25) is 0 Å². The Hall–Kier alpha value is -0.930. The lowest BCUT2D eigenvalue weighted by Crippen LogP contribution is -2.17. The van der Waals surface area contributed by atoms with Crippen LogP contribution in [0, 0.1) is 5.92 Å². The number of ether oxygens (including phenoxy) is 10. The van der Waals surface area contributed by atoms with Gasteiger partial charge in [-0.3, -0.25) is 4.79 Å². The van der Waals surface area contributed by atoms with Crippen molar-refractivity contribution in [2.75, 3.05) is 132 Å². The second-order valence-electron chi connectivity index (χ2n) is 7.56. The average molecular weight is 529 g/mol. The van der Waals surface area contributed by atoms with Crippen LogP contribution in [-0.4, -0.2) is 143 Å². The molecule has 0 spiro atoms. The zero-order valence-corrected chi connectivity index (χ0v) is 22.2. The van der Waals surface area contributed by atoms with Crippen LogP contribution in [0.2, 0.25) is 0 Å². The molecule has 36 heavy (non-hydrogen) atoms. The van der Waals surface area contributed by atoms with Gasteiger partial charge in [-0.15, -0.1) is 0 Å². The van der Waals surface area contributed by atoms with Gasteiger partial charge in [0.15, 0.2) is 0 Å². The fourth-order valence-electron chi connectivity index (χ4n) is 2.29. The Bertz CT molecular complexity index is 439. The van der Waals surface area contributed by atoms with Crippen LogP contribution in [0.25, 0.3) is 0 Å². The van der Waals surface area contributed by atoms with Crippen molar-refractivity contribution in [2.24, 2.45) is 5.92 Å². The summed E-state index contributed by atoms with van der Waals surface area (Å²) in [5.74, 6) is -0.341. The van der Waals surface area contributed by atoms with Crippen LogP contribution in [0.5, 0.6) is 0 Å². The highest BCUT2D eigenvalue weighted by Crippen LogP contribution is 1.95. The molecule has 0 saturated carbocycles. The summed E-state index contributed by atoms with van der Waals surface area (Å²) in [6, 6.07) is 0. The first kappa shape index (κ1) is 35.1. The van der Waals surface area contributed by atoms with E-state index in [1.165, 1.54) is 0 Å². The summed E-state index contributed by atoms with van der Waals surface area (Å²) in [5, 5.41) is 8.55. The molecule has 0 amide bonds. The van der Waals surface area contributed by atoms with Crippen molar-refractivity contribution < 1.29 is 57.3 Å². The normalized spacial score (nSPS) is 11.4. The Morgan fingerprint density at radius 1 is 0.444 bits per heavy atom. The summed E-state index contributed by atoms with van der Waals surface area (Å²) >= 11 is 0. The fourth-order valence-corrected chi connectivity index (χ4v) is 2.29. The van der Waals surface area contributed by atoms with Gasteiger partial charge >= 0.3 is 5.97 Å². The number of rotatable bonds is 30. The summed E-state index contributed by atoms with van der Waals surface area (Å²) in [4.78, 5) is 11.2. The monoisotopic (exact) mass is 528 g/mol. The maximum Gasteiger partial charge on any atom is 0.308 e. The Morgan fingerprint density at radius 2 is 0.667 bits per heavy atom. The Morgan fingerprint density at radius 3 is 0.889 bits per heavy atom. The van der Waals surface area contributed by atoms with Gasteiger partial charge in [0.05, 0.1) is 131 Å². The van der Waals surface area contributed by atoms with Crippen molar-refractivity contribution in [2.45, 2.75) is 13.8 Å². The smallest absolute Gasteiger partial charge is 0.308 e. The third kappa shape index (κ3) is 29.3. The van der Waals surface area contributed by atoms with Crippen LogP contribution in [0.15, 0.2) is 0 Å². The van der Waals surface area contributed by atoms with E-state index in [0.29, 0.717) is 119 Å². The molecule has 0 aliphatic heterocycles. The molecule has 1 N–H and O–H groups in total. The van der Waals surface area contributed by atoms with Crippen LogP contribution in [0.4, 0.5) is 0 Å². The molecule has 12 nitrogen and oxygen atoms in total. The second kappa shape index (κ2) is 30.3. The van der Waals surface area contributed by atoms with Gasteiger partial charge in [0, 0.05) is 0 Å². The molecule has 0 rings (SSSR count). The third-order valence-electron chi connectivity index (χ3n) is 4.16. The van der Waals surface area contributed by atoms with Gasteiger partial charge in [-0.25, -0.2) is 0 Å². The van der Waals surface area contributed by atoms with Crippen LogP contribution >= 0.6 is 0 Å². The number of aliphatic hydroxyl groups excluding tert-OH is 1. The van der Waals surface area contributed by atoms with Gasteiger partial charge in [-0.2, -0.15) is 0 Å². The van der Waals surface area contributed by atoms with Crippen molar-refractivity contribution >= 4 is 5.97 Å². The maximum atomic E-state index is 11.2. The molecule has 0 aromatic heterocycles. The summed E-state index contributed by atoms with van der Waals surface area (Å²) in [6.45, 7) is 12.4. The number of carbonyl (C=O) groups is 1. The van der Waals surface area contributed by atoms with Gasteiger partial charge in [0.25, 0.3) is 0 Å². The highest BCUT2D eigenvalue weighted by atomic mass is 16.6. The largest absolute Gasteiger partial charge is 0.463 e. The molecule has 216 valence electrons. The van der Waals surface area contributed by atoms with E-state index in [9.17, 15) is 4.79 Å². The Kier molecular flexibility index (Phi) is 29.5. The predicted molar refractivity (Wildman–Crippen MR) is 130 cm³/mol. The topological polar surface area (TPSA) is 130 Å². The van der Waals surface area contributed by atoms with E-state index < -0.39 is 0 Å². The van der Waals surface area contributed by atoms with Crippen molar-refractivity contribution in [3.63, 3.8) is 0 Å². The Balaban J connectivity index is 3.05. The standard InChI is InChI=1S/C24H48O12/c1-23(2)24(26)36-22-21-35-20-19-34-18-17-33-16-15-32-14-13-31-12-11-30-10-9-29-8-7-28-6-5-27-4-3-25/h23,25H,3-22H2,1-2H3. The minimum absolute atomic E-state index is 0.0243. The SMILES string of the molecule is CC(C)C(=O)OCCOCCOCCOCCOCCOCCOCCOCCOCCOCCO. The molecule has 0 unspecified atom stereocenters. The van der Waals surface area contributed by atoms with Gasteiger partial charge in [0.1, 0.15) is 6.61 Å². The molecule has 0 bridgehead atoms. The molecule has 0 atom stereocenters. The molecule has 0 fully saturated rings. The zero-order chi connectivity index (χ0) is 26.4. The molecule has 0 radical (unpaired) electrons. The third-order valence-corrected chi connectivity index (χ3v) is 4.16. The van der Waals surface area contributed by atoms with E-state index in [1.807, 2.05) is 0 Å². The average Bonchev–Trinajstić information content (AvgIpc) is 2.87. The van der Waals surface area contributed by atoms with Crippen LogP contribution in [0.3, 0.4) is 0 Å². The minimum atomic E-state index is -0.218. The minimum Gasteiger partial charge on any atom is -0.463 e. The zero-order valence-electron chi connectivity index (χ0n) is 22.2. The summed E-state index contributed by atoms with van der Waals surface area (Å²) in [5.41, 5.74) is 0. The van der Waals surface area contributed by atoms with Crippen molar-refractivity contribution in [3.8, 4) is 0 Å². The first-order valence-electron chi connectivity index (χ1n) is 12.7. The first-order chi connectivity index (χ1) is 17.7. The summed E-state index contributed by atoms with van der Waals surface area (Å²) < 4.78 is 53.1. The lowest BCUT2D eigenvalue weighted by Gasteiger charge is -2.09. The van der Waals surface area contributed by atoms with Crippen LogP contribution in [0.1, 0.15) is 13.8 Å². The highest BCUT2D eigenvalue weighted by molar-refractivity contribution is 5.71. The summed E-state index contributed by atoms with van der Waals surface area (Å²) in [7, 11) is 0. The lowest BCUT2D eigenvalue weighted by molar-refractivity contribution is -0.149. The van der Waals surface area contributed by atoms with Crippen LogP contribution < -0.4 is 0 Å².